The molecule has 1 aromatic carbocycles. The molecule has 15 heavy (non-hydrogen) atoms. The summed E-state index contributed by atoms with van der Waals surface area (Å²) in [7, 11) is 1.29. The molecule has 0 aromatic heterocycles. The van der Waals surface area contributed by atoms with E-state index in [1.807, 2.05) is 0 Å². The zero-order valence-corrected chi connectivity index (χ0v) is 8.32. The lowest BCUT2D eigenvalue weighted by molar-refractivity contribution is 0.197. The number of methoxy groups -OCH3 is 1. The molecule has 0 saturated heterocycles. The topological polar surface area (TPSA) is 58.9 Å². The number of aromatic hydroxyl groups is 1. The Balaban J connectivity index is 3.36. The molecule has 1 unspecified atom stereocenters. The number of aliphatic imine (C=N–C) groups is 1. The second kappa shape index (κ2) is 4.11. The average molecular weight is 211 g/mol. The second-order valence-electron chi connectivity index (χ2n) is 3.01. The fraction of sp³-hybridized carbons (Fsp3) is 0.300. The van der Waals surface area contributed by atoms with Crippen LogP contribution < -0.4 is 4.74 Å². The number of halogens is 1. The molecule has 1 N–H and O–H groups in total. The van der Waals surface area contributed by atoms with Gasteiger partial charge in [0.1, 0.15) is 0 Å². The van der Waals surface area contributed by atoms with Crippen LogP contribution in [0.2, 0.25) is 0 Å². The van der Waals surface area contributed by atoms with E-state index in [1.54, 1.807) is 0 Å². The van der Waals surface area contributed by atoms with Gasteiger partial charge in [-0.3, -0.25) is 0 Å². The van der Waals surface area contributed by atoms with Crippen molar-refractivity contribution in [3.63, 3.8) is 0 Å². The summed E-state index contributed by atoms with van der Waals surface area (Å²) in [4.78, 5) is 13.1. The number of rotatable bonds is 3. The van der Waals surface area contributed by atoms with Crippen molar-refractivity contribution >= 4 is 6.08 Å². The normalized spacial score (nSPS) is 13.8. The summed E-state index contributed by atoms with van der Waals surface area (Å²) < 4.78 is 18.7. The molecule has 0 heterocycles. The highest BCUT2D eigenvalue weighted by molar-refractivity contribution is 5.49. The van der Waals surface area contributed by atoms with Crippen LogP contribution in [0.5, 0.6) is 11.5 Å². The minimum atomic E-state index is -2.26. The summed E-state index contributed by atoms with van der Waals surface area (Å²) in [6.07, 6.45) is 1.14. The van der Waals surface area contributed by atoms with Gasteiger partial charge in [0.05, 0.1) is 12.7 Å². The van der Waals surface area contributed by atoms with E-state index in [-0.39, 0.29) is 17.1 Å². The number of carbonyl (C=O) groups excluding carboxylic acids is 1. The molecule has 0 fully saturated rings. The van der Waals surface area contributed by atoms with Crippen LogP contribution in [-0.4, -0.2) is 18.3 Å². The fourth-order valence-corrected chi connectivity index (χ4v) is 1.24. The molecule has 1 atom stereocenters. The Kier molecular flexibility index (Phi) is 3.07. The van der Waals surface area contributed by atoms with Crippen molar-refractivity contribution in [3.8, 4) is 11.5 Å². The monoisotopic (exact) mass is 211 g/mol. The maximum absolute atomic E-state index is 13.8. The predicted octanol–water partition coefficient (Wildman–Crippen LogP) is 1.88. The number of phenolic OH excluding ortho intramolecular Hbond substituents is 1. The molecule has 0 radical (unpaired) electrons. The van der Waals surface area contributed by atoms with Gasteiger partial charge in [-0.15, -0.1) is 0 Å². The molecule has 0 saturated carbocycles. The molecule has 1 aromatic rings. The molecule has 0 bridgehead atoms. The third kappa shape index (κ3) is 2.14. The molecule has 5 heteroatoms. The van der Waals surface area contributed by atoms with E-state index in [1.165, 1.54) is 25.3 Å². The van der Waals surface area contributed by atoms with Crippen LogP contribution in [0.3, 0.4) is 0 Å². The number of ether oxygens (including phenoxy) is 1. The number of alkyl halides is 1. The van der Waals surface area contributed by atoms with E-state index in [4.69, 9.17) is 4.74 Å². The van der Waals surface area contributed by atoms with E-state index in [9.17, 15) is 14.3 Å². The first kappa shape index (κ1) is 11.2. The van der Waals surface area contributed by atoms with Crippen molar-refractivity contribution in [3.05, 3.63) is 23.8 Å². The third-order valence-corrected chi connectivity index (χ3v) is 1.95. The lowest BCUT2D eigenvalue weighted by atomic mass is 10.1. The van der Waals surface area contributed by atoms with E-state index < -0.39 is 5.79 Å². The molecule has 0 amide bonds. The summed E-state index contributed by atoms with van der Waals surface area (Å²) in [6.45, 7) is 1.08. The van der Waals surface area contributed by atoms with Crippen LogP contribution in [0.4, 0.5) is 4.39 Å². The van der Waals surface area contributed by atoms with Gasteiger partial charge in [0.15, 0.2) is 11.5 Å². The fourth-order valence-electron chi connectivity index (χ4n) is 1.24. The first-order valence-corrected chi connectivity index (χ1v) is 4.17. The minimum Gasteiger partial charge on any atom is -0.504 e. The van der Waals surface area contributed by atoms with Crippen molar-refractivity contribution in [2.24, 2.45) is 4.99 Å². The van der Waals surface area contributed by atoms with Gasteiger partial charge in [0.2, 0.25) is 11.9 Å². The molecule has 1 rings (SSSR count). The van der Waals surface area contributed by atoms with Crippen molar-refractivity contribution < 1.29 is 19.0 Å². The van der Waals surface area contributed by atoms with E-state index in [0.717, 1.165) is 13.0 Å². The van der Waals surface area contributed by atoms with Crippen molar-refractivity contribution in [2.75, 3.05) is 7.11 Å². The molecule has 0 spiro atoms. The maximum atomic E-state index is 13.8. The number of isocyanates is 1. The van der Waals surface area contributed by atoms with Crippen molar-refractivity contribution in [1.29, 1.82) is 0 Å². The summed E-state index contributed by atoms with van der Waals surface area (Å²) in [5.41, 5.74) is -0.0200. The SMILES string of the molecule is COc1c(O)cccc1C(C)(F)N=C=O. The maximum Gasteiger partial charge on any atom is 0.238 e. The zero-order chi connectivity index (χ0) is 11.5. The van der Waals surface area contributed by atoms with Crippen LogP contribution in [0.25, 0.3) is 0 Å². The molecule has 0 aliphatic carbocycles. The van der Waals surface area contributed by atoms with Crippen LogP contribution in [0.1, 0.15) is 12.5 Å². The molecule has 4 nitrogen and oxygen atoms in total. The Morgan fingerprint density at radius 3 is 2.80 bits per heavy atom. The zero-order valence-electron chi connectivity index (χ0n) is 8.32. The van der Waals surface area contributed by atoms with Gasteiger partial charge >= 0.3 is 0 Å². The highest BCUT2D eigenvalue weighted by Gasteiger charge is 2.30. The lowest BCUT2D eigenvalue weighted by Crippen LogP contribution is -2.13. The number of nitrogens with zero attached hydrogens (tertiary/aromatic N) is 1. The minimum absolute atomic E-state index is 0.0200. The number of hydrogen-bond acceptors (Lipinski definition) is 4. The highest BCUT2D eigenvalue weighted by Crippen LogP contribution is 2.39. The summed E-state index contributed by atoms with van der Waals surface area (Å²) in [6, 6.07) is 4.16. The lowest BCUT2D eigenvalue weighted by Gasteiger charge is -2.17. The molecule has 80 valence electrons. The Bertz CT molecular complexity index is 411. The number of para-hydroxylation sites is 1. The molecule has 0 aliphatic heterocycles. The van der Waals surface area contributed by atoms with Gasteiger partial charge in [0.25, 0.3) is 0 Å². The average Bonchev–Trinajstić information content (AvgIpc) is 2.17. The smallest absolute Gasteiger partial charge is 0.238 e. The Morgan fingerprint density at radius 2 is 2.27 bits per heavy atom. The molecule has 0 aliphatic rings. The van der Waals surface area contributed by atoms with Gasteiger partial charge < -0.3 is 9.84 Å². The Labute approximate surface area is 86.0 Å². The van der Waals surface area contributed by atoms with Gasteiger partial charge in [-0.05, 0) is 19.1 Å². The standard InChI is InChI=1S/C10H10FNO3/c1-10(11,12-6-13)7-4-3-5-8(14)9(7)15-2/h3-5,14H,1-2H3. The van der Waals surface area contributed by atoms with E-state index >= 15 is 0 Å². The number of hydrogen-bond donors (Lipinski definition) is 1. The van der Waals surface area contributed by atoms with Crippen LogP contribution >= 0.6 is 0 Å². The van der Waals surface area contributed by atoms with Gasteiger partial charge in [0, 0.05) is 0 Å². The van der Waals surface area contributed by atoms with Crippen LogP contribution in [0.15, 0.2) is 23.2 Å². The molecular weight excluding hydrogens is 201 g/mol. The van der Waals surface area contributed by atoms with Crippen LogP contribution in [-0.2, 0) is 10.6 Å². The summed E-state index contributed by atoms with van der Waals surface area (Å²) in [5, 5.41) is 9.39. The van der Waals surface area contributed by atoms with Gasteiger partial charge in [-0.25, -0.2) is 9.18 Å². The van der Waals surface area contributed by atoms with Crippen molar-refractivity contribution in [2.45, 2.75) is 12.7 Å². The van der Waals surface area contributed by atoms with Crippen molar-refractivity contribution in [1.82, 2.24) is 0 Å². The van der Waals surface area contributed by atoms with Crippen LogP contribution in [0, 0.1) is 0 Å². The number of benzene rings is 1. The van der Waals surface area contributed by atoms with E-state index in [0.29, 0.717) is 0 Å². The predicted molar refractivity (Wildman–Crippen MR) is 51.2 cm³/mol. The largest absolute Gasteiger partial charge is 0.504 e. The Morgan fingerprint density at radius 1 is 1.60 bits per heavy atom. The quantitative estimate of drug-likeness (QED) is 0.471. The Hall–Kier alpha value is -1.87. The van der Waals surface area contributed by atoms with Gasteiger partial charge in [-0.2, -0.15) is 4.99 Å². The van der Waals surface area contributed by atoms with E-state index in [2.05, 4.69) is 4.99 Å². The second-order valence-corrected chi connectivity index (χ2v) is 3.01. The first-order chi connectivity index (χ1) is 7.03. The first-order valence-electron chi connectivity index (χ1n) is 4.17. The van der Waals surface area contributed by atoms with Gasteiger partial charge in [-0.1, -0.05) is 6.07 Å². The number of phenols is 1. The third-order valence-electron chi connectivity index (χ3n) is 1.95. The molecular formula is C10H10FNO3. The summed E-state index contributed by atoms with van der Waals surface area (Å²) in [5.74, 6) is -2.51. The highest BCUT2D eigenvalue weighted by atomic mass is 19.1. The summed E-state index contributed by atoms with van der Waals surface area (Å²) >= 11 is 0.